The molecule has 202 valence electrons. The molecule has 1 saturated carbocycles. The van der Waals surface area contributed by atoms with Gasteiger partial charge < -0.3 is 5.32 Å². The first-order chi connectivity index (χ1) is 17.8. The topological polar surface area (TPSA) is 89.0 Å². The number of sulfone groups is 1. The molecule has 1 fully saturated rings. The highest BCUT2D eigenvalue weighted by molar-refractivity contribution is 7.92. The molecule has 13 heteroatoms. The van der Waals surface area contributed by atoms with Crippen molar-refractivity contribution in [2.24, 2.45) is 11.8 Å². The largest absolute Gasteiger partial charge is 0.451 e. The molecule has 0 saturated heterocycles. The van der Waals surface area contributed by atoms with Crippen molar-refractivity contribution in [1.82, 2.24) is 15.3 Å². The maximum atomic E-state index is 14.6. The van der Waals surface area contributed by atoms with E-state index in [0.717, 1.165) is 42.7 Å². The smallest absolute Gasteiger partial charge is 0.352 e. The molecule has 1 amide bonds. The van der Waals surface area contributed by atoms with Crippen molar-refractivity contribution in [3.63, 3.8) is 0 Å². The first-order valence-corrected chi connectivity index (χ1v) is 12.9. The minimum Gasteiger partial charge on any atom is -0.352 e. The third-order valence-corrected chi connectivity index (χ3v) is 8.92. The number of hydrogen-bond donors (Lipinski definition) is 1. The van der Waals surface area contributed by atoms with Gasteiger partial charge in [-0.2, -0.15) is 13.2 Å². The Bertz CT molecular complexity index is 1430. The van der Waals surface area contributed by atoms with Gasteiger partial charge in [0.25, 0.3) is 0 Å². The van der Waals surface area contributed by atoms with Crippen LogP contribution < -0.4 is 5.32 Å². The maximum absolute atomic E-state index is 14.6. The molecule has 1 unspecified atom stereocenters. The van der Waals surface area contributed by atoms with E-state index in [2.05, 4.69) is 15.3 Å². The zero-order chi connectivity index (χ0) is 27.8. The molecule has 4 rings (SSSR count). The molecular formula is C25H21F6N3O3S. The maximum Gasteiger partial charge on any atom is 0.451 e. The van der Waals surface area contributed by atoms with Crippen LogP contribution >= 0.6 is 0 Å². The fourth-order valence-corrected chi connectivity index (χ4v) is 6.77. The minimum atomic E-state index is -4.76. The number of aromatic nitrogens is 2. The molecule has 0 aliphatic heterocycles. The minimum absolute atomic E-state index is 0.0287. The van der Waals surface area contributed by atoms with Crippen LogP contribution in [0.2, 0.25) is 0 Å². The number of halogens is 6. The van der Waals surface area contributed by atoms with E-state index in [9.17, 15) is 39.6 Å². The third-order valence-electron chi connectivity index (χ3n) is 6.52. The van der Waals surface area contributed by atoms with Gasteiger partial charge in [0.05, 0.1) is 16.1 Å². The van der Waals surface area contributed by atoms with Gasteiger partial charge in [0.2, 0.25) is 11.7 Å². The van der Waals surface area contributed by atoms with E-state index < -0.39 is 62.6 Å². The van der Waals surface area contributed by atoms with Gasteiger partial charge in [-0.05, 0) is 48.4 Å². The number of hydrogen-bond acceptors (Lipinski definition) is 5. The second kappa shape index (κ2) is 10.4. The van der Waals surface area contributed by atoms with Crippen LogP contribution in [0.3, 0.4) is 0 Å². The molecule has 0 spiro atoms. The normalized spacial score (nSPS) is 21.9. The van der Waals surface area contributed by atoms with Crippen molar-refractivity contribution >= 4 is 15.7 Å². The quantitative estimate of drug-likeness (QED) is 0.344. The Labute approximate surface area is 214 Å². The molecule has 2 aromatic carbocycles. The highest BCUT2D eigenvalue weighted by atomic mass is 32.2. The summed E-state index contributed by atoms with van der Waals surface area (Å²) in [6.07, 6.45) is -5.02. The summed E-state index contributed by atoms with van der Waals surface area (Å²) in [6, 6.07) is 7.69. The van der Waals surface area contributed by atoms with Crippen molar-refractivity contribution < 1.29 is 39.6 Å². The van der Waals surface area contributed by atoms with Crippen LogP contribution in [0.1, 0.15) is 24.7 Å². The van der Waals surface area contributed by atoms with Gasteiger partial charge in [-0.3, -0.25) is 4.79 Å². The Morgan fingerprint density at radius 3 is 2.29 bits per heavy atom. The van der Waals surface area contributed by atoms with Crippen LogP contribution in [0.5, 0.6) is 0 Å². The average molecular weight is 558 g/mol. The van der Waals surface area contributed by atoms with Crippen molar-refractivity contribution in [3.05, 3.63) is 77.9 Å². The Kier molecular flexibility index (Phi) is 7.51. The Morgan fingerprint density at radius 2 is 1.68 bits per heavy atom. The lowest BCUT2D eigenvalue weighted by Gasteiger charge is -2.22. The zero-order valence-electron chi connectivity index (χ0n) is 19.7. The fraction of sp³-hybridized carbons (Fsp3) is 0.320. The predicted molar refractivity (Wildman–Crippen MR) is 124 cm³/mol. The SMILES string of the molecule is C[C@@H]1C(S(=O)(=O)c2ccc(F)cc2)[C@H](C(=O)NCc2ccc(F)c(-c3cnc(C(F)(F)F)nc3)c2)C[C@H]1F. The Balaban J connectivity index is 1.52. The molecular weight excluding hydrogens is 536 g/mol. The number of nitrogens with one attached hydrogen (secondary N) is 1. The number of nitrogens with zero attached hydrogens (tertiary/aromatic N) is 2. The van der Waals surface area contributed by atoms with E-state index in [-0.39, 0.29) is 29.0 Å². The van der Waals surface area contributed by atoms with Gasteiger partial charge in [-0.1, -0.05) is 13.0 Å². The molecule has 1 aliphatic rings. The first-order valence-electron chi connectivity index (χ1n) is 11.4. The van der Waals surface area contributed by atoms with Gasteiger partial charge in [-0.25, -0.2) is 31.6 Å². The second-order valence-electron chi connectivity index (χ2n) is 9.01. The predicted octanol–water partition coefficient (Wildman–Crippen LogP) is 4.89. The molecule has 4 atom stereocenters. The molecule has 1 aromatic heterocycles. The average Bonchev–Trinajstić information content (AvgIpc) is 3.18. The first kappa shape index (κ1) is 27.6. The van der Waals surface area contributed by atoms with E-state index in [4.69, 9.17) is 0 Å². The van der Waals surface area contributed by atoms with Crippen molar-refractivity contribution in [2.75, 3.05) is 0 Å². The summed E-state index contributed by atoms with van der Waals surface area (Å²) in [5.41, 5.74) is 0.204. The van der Waals surface area contributed by atoms with E-state index in [1.807, 2.05) is 0 Å². The summed E-state index contributed by atoms with van der Waals surface area (Å²) in [5, 5.41) is 1.15. The van der Waals surface area contributed by atoms with Crippen LogP contribution in [0.4, 0.5) is 26.3 Å². The van der Waals surface area contributed by atoms with Crippen LogP contribution in [-0.4, -0.2) is 35.7 Å². The van der Waals surface area contributed by atoms with Crippen molar-refractivity contribution in [2.45, 2.75) is 42.4 Å². The summed E-state index contributed by atoms with van der Waals surface area (Å²) in [4.78, 5) is 19.2. The molecule has 1 heterocycles. The van der Waals surface area contributed by atoms with E-state index in [1.165, 1.54) is 19.1 Å². The summed E-state index contributed by atoms with van der Waals surface area (Å²) < 4.78 is 107. The number of alkyl halides is 4. The molecule has 1 N–H and O–H groups in total. The van der Waals surface area contributed by atoms with Gasteiger partial charge in [0, 0.05) is 36.0 Å². The molecule has 3 aromatic rings. The highest BCUT2D eigenvalue weighted by Crippen LogP contribution is 2.41. The summed E-state index contributed by atoms with van der Waals surface area (Å²) >= 11 is 0. The monoisotopic (exact) mass is 557 g/mol. The number of carbonyl (C=O) groups is 1. The van der Waals surface area contributed by atoms with Gasteiger partial charge in [-0.15, -0.1) is 0 Å². The fourth-order valence-electron chi connectivity index (χ4n) is 4.54. The standard InChI is InChI=1S/C25H21F6N3O3S/c1-13-21(28)9-19(22(13)38(36,37)17-5-3-16(26)4-6-17)23(35)32-10-14-2-7-20(27)18(8-14)15-11-33-24(34-12-15)25(29,30)31/h2-8,11-13,19,21-22H,9-10H2,1H3,(H,32,35)/t13-,19+,21+,22?/m0/s1. The second-order valence-corrected chi connectivity index (χ2v) is 11.1. The van der Waals surface area contributed by atoms with Gasteiger partial charge in [0.1, 0.15) is 17.8 Å². The number of carbonyl (C=O) groups excluding carboxylic acids is 1. The summed E-state index contributed by atoms with van der Waals surface area (Å²) in [5.74, 6) is -5.78. The zero-order valence-corrected chi connectivity index (χ0v) is 20.5. The number of amides is 1. The summed E-state index contributed by atoms with van der Waals surface area (Å²) in [6.45, 7) is 1.20. The lowest BCUT2D eigenvalue weighted by atomic mass is 10.0. The van der Waals surface area contributed by atoms with Crippen LogP contribution in [0.15, 0.2) is 59.8 Å². The van der Waals surface area contributed by atoms with Crippen molar-refractivity contribution in [1.29, 1.82) is 0 Å². The third kappa shape index (κ3) is 5.52. The van der Waals surface area contributed by atoms with Crippen LogP contribution in [-0.2, 0) is 27.4 Å². The molecule has 6 nitrogen and oxygen atoms in total. The number of rotatable bonds is 6. The lowest BCUT2D eigenvalue weighted by molar-refractivity contribution is -0.145. The molecule has 0 bridgehead atoms. The van der Waals surface area contributed by atoms with Crippen LogP contribution in [0.25, 0.3) is 11.1 Å². The molecule has 0 radical (unpaired) electrons. The Morgan fingerprint density at radius 1 is 1.05 bits per heavy atom. The number of benzene rings is 2. The van der Waals surface area contributed by atoms with Crippen LogP contribution in [0, 0.1) is 23.5 Å². The van der Waals surface area contributed by atoms with Gasteiger partial charge >= 0.3 is 6.18 Å². The molecule has 38 heavy (non-hydrogen) atoms. The van der Waals surface area contributed by atoms with Gasteiger partial charge in [0.15, 0.2) is 9.84 Å². The van der Waals surface area contributed by atoms with E-state index >= 15 is 0 Å². The highest BCUT2D eigenvalue weighted by Gasteiger charge is 2.51. The van der Waals surface area contributed by atoms with E-state index in [0.29, 0.717) is 5.56 Å². The van der Waals surface area contributed by atoms with Crippen molar-refractivity contribution in [3.8, 4) is 11.1 Å². The molecule has 1 aliphatic carbocycles. The van der Waals surface area contributed by atoms with E-state index in [1.54, 1.807) is 0 Å². The lowest BCUT2D eigenvalue weighted by Crippen LogP contribution is -2.40. The summed E-state index contributed by atoms with van der Waals surface area (Å²) in [7, 11) is -4.19. The Hall–Kier alpha value is -3.48.